The van der Waals surface area contributed by atoms with Gasteiger partial charge in [-0.25, -0.2) is 0 Å². The molecule has 0 aliphatic heterocycles. The van der Waals surface area contributed by atoms with Gasteiger partial charge in [0.25, 0.3) is 0 Å². The molecule has 63 heavy (non-hydrogen) atoms. The first-order valence-electron chi connectivity index (χ1n) is 25.4. The molecule has 0 aliphatic carbocycles. The quantitative estimate of drug-likeness (QED) is 0.0199. The fourth-order valence-electron chi connectivity index (χ4n) is 6.54. The lowest BCUT2D eigenvalue weighted by Crippen LogP contribution is -2.30. The number of hydrogen-bond acceptors (Lipinski definition) is 6. The van der Waals surface area contributed by atoms with E-state index in [1.807, 2.05) is 12.2 Å². The molecule has 0 aromatic heterocycles. The van der Waals surface area contributed by atoms with E-state index in [4.69, 9.17) is 14.2 Å². The molecule has 1 atom stereocenters. The van der Waals surface area contributed by atoms with E-state index >= 15 is 0 Å². The number of carbonyl (C=O) groups is 3. The Balaban J connectivity index is 4.55. The summed E-state index contributed by atoms with van der Waals surface area (Å²) < 4.78 is 16.7. The van der Waals surface area contributed by atoms with Crippen LogP contribution in [0, 0.1) is 0 Å². The van der Waals surface area contributed by atoms with Gasteiger partial charge in [-0.15, -0.1) is 0 Å². The minimum absolute atomic E-state index is 0.116. The molecule has 0 radical (unpaired) electrons. The van der Waals surface area contributed by atoms with Crippen LogP contribution >= 0.6 is 0 Å². The molecule has 0 saturated heterocycles. The predicted octanol–water partition coefficient (Wildman–Crippen LogP) is 16.8. The lowest BCUT2D eigenvalue weighted by Gasteiger charge is -2.18. The van der Waals surface area contributed by atoms with E-state index in [9.17, 15) is 14.4 Å². The van der Waals surface area contributed by atoms with E-state index < -0.39 is 6.10 Å². The van der Waals surface area contributed by atoms with Crippen molar-refractivity contribution in [3.63, 3.8) is 0 Å². The van der Waals surface area contributed by atoms with Gasteiger partial charge in [0.1, 0.15) is 13.2 Å². The van der Waals surface area contributed by atoms with Crippen LogP contribution in [0.25, 0.3) is 0 Å². The van der Waals surface area contributed by atoms with Crippen molar-refractivity contribution in [3.05, 3.63) is 109 Å². The average Bonchev–Trinajstić information content (AvgIpc) is 3.28. The number of allylic oxidation sites excluding steroid dienone is 18. The largest absolute Gasteiger partial charge is 0.462 e. The molecule has 0 spiro atoms. The zero-order valence-electron chi connectivity index (χ0n) is 40.5. The van der Waals surface area contributed by atoms with Crippen molar-refractivity contribution >= 4 is 17.9 Å². The highest BCUT2D eigenvalue weighted by molar-refractivity contribution is 5.71. The maximum atomic E-state index is 12.8. The minimum Gasteiger partial charge on any atom is -0.462 e. The van der Waals surface area contributed by atoms with E-state index in [0.717, 1.165) is 103 Å². The van der Waals surface area contributed by atoms with Crippen molar-refractivity contribution < 1.29 is 28.6 Å². The van der Waals surface area contributed by atoms with Gasteiger partial charge in [0.2, 0.25) is 0 Å². The van der Waals surface area contributed by atoms with Gasteiger partial charge in [0.05, 0.1) is 0 Å². The van der Waals surface area contributed by atoms with Gasteiger partial charge >= 0.3 is 17.9 Å². The van der Waals surface area contributed by atoms with Gasteiger partial charge in [-0.3, -0.25) is 14.4 Å². The topological polar surface area (TPSA) is 78.9 Å². The molecule has 356 valence electrons. The molecule has 0 rings (SSSR count). The van der Waals surface area contributed by atoms with Crippen LogP contribution in [0.3, 0.4) is 0 Å². The summed E-state index contributed by atoms with van der Waals surface area (Å²) in [6.45, 7) is 6.29. The van der Waals surface area contributed by atoms with Crippen LogP contribution < -0.4 is 0 Å². The second kappa shape index (κ2) is 50.7. The monoisotopic (exact) mass is 873 g/mol. The third-order valence-corrected chi connectivity index (χ3v) is 10.3. The summed E-state index contributed by atoms with van der Waals surface area (Å²) in [5.74, 6) is -1.04. The summed E-state index contributed by atoms with van der Waals surface area (Å²) in [7, 11) is 0. The van der Waals surface area contributed by atoms with Crippen molar-refractivity contribution in [2.24, 2.45) is 0 Å². The Bertz CT molecular complexity index is 1330. The molecule has 1 unspecified atom stereocenters. The predicted molar refractivity (Wildman–Crippen MR) is 270 cm³/mol. The Morgan fingerprint density at radius 1 is 0.349 bits per heavy atom. The molecule has 6 nitrogen and oxygen atoms in total. The Morgan fingerprint density at radius 2 is 0.730 bits per heavy atom. The Kier molecular flexibility index (Phi) is 47.5. The highest BCUT2D eigenvalue weighted by Gasteiger charge is 2.19. The van der Waals surface area contributed by atoms with Crippen molar-refractivity contribution in [3.8, 4) is 0 Å². The van der Waals surface area contributed by atoms with Crippen molar-refractivity contribution in [2.75, 3.05) is 13.2 Å². The van der Waals surface area contributed by atoms with Gasteiger partial charge in [0, 0.05) is 19.3 Å². The van der Waals surface area contributed by atoms with Gasteiger partial charge in [-0.05, 0) is 96.3 Å². The van der Waals surface area contributed by atoms with Crippen LogP contribution in [-0.2, 0) is 28.6 Å². The van der Waals surface area contributed by atoms with Crippen LogP contribution in [0.2, 0.25) is 0 Å². The minimum atomic E-state index is -0.821. The van der Waals surface area contributed by atoms with Crippen molar-refractivity contribution in [1.29, 1.82) is 0 Å². The van der Waals surface area contributed by atoms with Gasteiger partial charge in [-0.2, -0.15) is 0 Å². The average molecular weight is 873 g/mol. The third kappa shape index (κ3) is 49.0. The van der Waals surface area contributed by atoms with Crippen LogP contribution in [0.4, 0.5) is 0 Å². The zero-order valence-corrected chi connectivity index (χ0v) is 40.5. The molecule has 0 fully saturated rings. The number of esters is 3. The Labute approximate surface area is 387 Å². The van der Waals surface area contributed by atoms with Crippen molar-refractivity contribution in [1.82, 2.24) is 0 Å². The third-order valence-electron chi connectivity index (χ3n) is 10.3. The first-order valence-corrected chi connectivity index (χ1v) is 25.4. The summed E-state index contributed by atoms with van der Waals surface area (Å²) in [5.41, 5.74) is 0. The molecule has 6 heteroatoms. The number of hydrogen-bond donors (Lipinski definition) is 0. The second-order valence-corrected chi connectivity index (χ2v) is 16.4. The first-order chi connectivity index (χ1) is 31.0. The normalized spacial score (nSPS) is 13.0. The van der Waals surface area contributed by atoms with Crippen LogP contribution in [-0.4, -0.2) is 37.2 Å². The van der Waals surface area contributed by atoms with Crippen LogP contribution in [0.1, 0.15) is 213 Å². The standard InChI is InChI=1S/C57H92O6/c1-4-7-10-13-16-19-22-25-28-30-32-35-38-41-44-47-50-56(59)62-53-54(52-61-55(58)49-46-43-40-37-34-31-27-24-21-18-15-12-9-6-3)63-57(60)51-48-45-42-39-36-33-29-26-23-20-17-14-11-8-5-2/h7-8,10-11,14,16-17,19-20,23,25,28,31-32,34-35,41,44,54H,4-6,9,12-13,15,18,21-22,24,26-27,29-30,33,36-40,42-43,45-53H2,1-3H3/b10-7-,11-8-,17-14-,19-16-,23-20-,28-25-,34-31-,35-32-,44-41-. The summed E-state index contributed by atoms with van der Waals surface area (Å²) >= 11 is 0. The lowest BCUT2D eigenvalue weighted by atomic mass is 10.1. The lowest BCUT2D eigenvalue weighted by molar-refractivity contribution is -0.166. The smallest absolute Gasteiger partial charge is 0.306 e. The molecular weight excluding hydrogens is 781 g/mol. The highest BCUT2D eigenvalue weighted by Crippen LogP contribution is 2.13. The first kappa shape index (κ1) is 59.1. The molecule has 0 amide bonds. The Morgan fingerprint density at radius 3 is 1.25 bits per heavy atom. The summed E-state index contributed by atoms with van der Waals surface area (Å²) in [6.07, 6.45) is 68.0. The zero-order chi connectivity index (χ0) is 45.8. The molecule has 0 saturated carbocycles. The molecule has 0 bridgehead atoms. The van der Waals surface area contributed by atoms with E-state index in [2.05, 4.69) is 118 Å². The fraction of sp³-hybridized carbons (Fsp3) is 0.632. The van der Waals surface area contributed by atoms with Crippen LogP contribution in [0.15, 0.2) is 109 Å². The second-order valence-electron chi connectivity index (χ2n) is 16.4. The molecule has 0 N–H and O–H groups in total. The van der Waals surface area contributed by atoms with Gasteiger partial charge < -0.3 is 14.2 Å². The summed E-state index contributed by atoms with van der Waals surface area (Å²) in [5, 5.41) is 0. The van der Waals surface area contributed by atoms with E-state index in [0.29, 0.717) is 19.3 Å². The fourth-order valence-corrected chi connectivity index (χ4v) is 6.54. The van der Waals surface area contributed by atoms with E-state index in [1.54, 1.807) is 0 Å². The number of rotatable bonds is 44. The van der Waals surface area contributed by atoms with E-state index in [1.165, 1.54) is 64.2 Å². The molecule has 0 aliphatic rings. The van der Waals surface area contributed by atoms with Gasteiger partial charge in [0.15, 0.2) is 6.10 Å². The maximum absolute atomic E-state index is 12.8. The SMILES string of the molecule is CC\C=C/C=C\C=C/CCCCCCCCCC(=O)OC(COC(=O)CC/C=C\C/C=C\C/C=C\C/C=C\C/C=C\CC)COC(=O)CCCCC/C=C\CCCCCCCCC. The molecular formula is C57H92O6. The highest BCUT2D eigenvalue weighted by atomic mass is 16.6. The number of ether oxygens (including phenoxy) is 3. The number of carbonyl (C=O) groups excluding carboxylic acids is 3. The van der Waals surface area contributed by atoms with E-state index in [-0.39, 0.29) is 37.5 Å². The molecule has 0 heterocycles. The number of unbranched alkanes of at least 4 members (excludes halogenated alkanes) is 17. The van der Waals surface area contributed by atoms with Gasteiger partial charge in [-0.1, -0.05) is 207 Å². The molecule has 0 aromatic carbocycles. The Hall–Kier alpha value is -3.93. The summed E-state index contributed by atoms with van der Waals surface area (Å²) in [4.78, 5) is 37.9. The maximum Gasteiger partial charge on any atom is 0.306 e. The van der Waals surface area contributed by atoms with Crippen LogP contribution in [0.5, 0.6) is 0 Å². The summed E-state index contributed by atoms with van der Waals surface area (Å²) in [6, 6.07) is 0. The molecule has 0 aromatic rings. The van der Waals surface area contributed by atoms with Crippen molar-refractivity contribution in [2.45, 2.75) is 219 Å².